The highest BCUT2D eigenvalue weighted by atomic mass is 32.2. The molecule has 7 heteroatoms. The van der Waals surface area contributed by atoms with Crippen LogP contribution in [0.1, 0.15) is 21.7 Å². The van der Waals surface area contributed by atoms with Crippen molar-refractivity contribution in [2.24, 2.45) is 0 Å². The lowest BCUT2D eigenvalue weighted by Crippen LogP contribution is -2.14. The van der Waals surface area contributed by atoms with Gasteiger partial charge >= 0.3 is 0 Å². The zero-order valence-corrected chi connectivity index (χ0v) is 17.0. The number of rotatable bonds is 6. The lowest BCUT2D eigenvalue weighted by molar-refractivity contribution is 0.103. The number of H-pyrrole nitrogens is 1. The Balaban J connectivity index is 1.53. The summed E-state index contributed by atoms with van der Waals surface area (Å²) >= 11 is 0. The van der Waals surface area contributed by atoms with Gasteiger partial charge in [0.1, 0.15) is 0 Å². The Morgan fingerprint density at radius 3 is 2.57 bits per heavy atom. The zero-order valence-electron chi connectivity index (χ0n) is 16.2. The summed E-state index contributed by atoms with van der Waals surface area (Å²) in [7, 11) is -3.71. The third-order valence-electron chi connectivity index (χ3n) is 4.57. The topological polar surface area (TPSA) is 91.9 Å². The largest absolute Gasteiger partial charge is 0.335 e. The molecule has 0 bridgehead atoms. The van der Waals surface area contributed by atoms with Crippen molar-refractivity contribution >= 4 is 38.6 Å². The van der Waals surface area contributed by atoms with Gasteiger partial charge in [0.15, 0.2) is 5.82 Å². The van der Waals surface area contributed by atoms with Crippen LogP contribution in [0.2, 0.25) is 0 Å². The van der Waals surface area contributed by atoms with E-state index < -0.39 is 10.0 Å². The molecule has 0 aliphatic carbocycles. The maximum Gasteiger partial charge on any atom is 0.262 e. The van der Waals surface area contributed by atoms with Crippen molar-refractivity contribution in [1.29, 1.82) is 0 Å². The first-order valence-corrected chi connectivity index (χ1v) is 10.8. The number of ketones is 1. The second kappa shape index (κ2) is 7.96. The van der Waals surface area contributed by atoms with Crippen LogP contribution >= 0.6 is 0 Å². The fourth-order valence-electron chi connectivity index (χ4n) is 3.09. The third-order valence-corrected chi connectivity index (χ3v) is 6.11. The van der Waals surface area contributed by atoms with Gasteiger partial charge in [0, 0.05) is 5.69 Å². The molecule has 0 fully saturated rings. The molecule has 0 unspecified atom stereocenters. The number of allylic oxidation sites excluding steroid dienone is 1. The smallest absolute Gasteiger partial charge is 0.262 e. The van der Waals surface area contributed by atoms with Crippen molar-refractivity contribution in [1.82, 2.24) is 9.97 Å². The van der Waals surface area contributed by atoms with Gasteiger partial charge in [-0.25, -0.2) is 13.4 Å². The standard InChI is InChI=1S/C23H19N3O3S/c1-16-7-2-5-12-22(16)30(28,29)26-18-9-6-8-17(15-18)13-14-21(27)23-24-19-10-3-4-11-20(19)25-23/h2-15,26H,1H3,(H,24,25)/b14-13+. The number of aromatic nitrogens is 2. The summed E-state index contributed by atoms with van der Waals surface area (Å²) in [5, 5.41) is 0. The Labute approximate surface area is 174 Å². The highest BCUT2D eigenvalue weighted by Gasteiger charge is 2.16. The molecule has 0 aliphatic rings. The van der Waals surface area contributed by atoms with Gasteiger partial charge in [0.2, 0.25) is 5.78 Å². The number of sulfonamides is 1. The van der Waals surface area contributed by atoms with Gasteiger partial charge in [-0.05, 0) is 54.5 Å². The second-order valence-electron chi connectivity index (χ2n) is 6.80. The number of nitrogens with one attached hydrogen (secondary N) is 2. The summed E-state index contributed by atoms with van der Waals surface area (Å²) in [6, 6.07) is 21.0. The molecular formula is C23H19N3O3S. The van der Waals surface area contributed by atoms with Crippen molar-refractivity contribution in [2.75, 3.05) is 4.72 Å². The van der Waals surface area contributed by atoms with E-state index in [4.69, 9.17) is 0 Å². The number of aryl methyl sites for hydroxylation is 1. The van der Waals surface area contributed by atoms with Gasteiger partial charge in [-0.1, -0.05) is 48.5 Å². The van der Waals surface area contributed by atoms with Crippen molar-refractivity contribution in [3.63, 3.8) is 0 Å². The van der Waals surface area contributed by atoms with Crippen LogP contribution in [0.4, 0.5) is 5.69 Å². The summed E-state index contributed by atoms with van der Waals surface area (Å²) in [6.07, 6.45) is 3.04. The lowest BCUT2D eigenvalue weighted by Gasteiger charge is -2.10. The minimum Gasteiger partial charge on any atom is -0.335 e. The van der Waals surface area contributed by atoms with E-state index in [2.05, 4.69) is 14.7 Å². The number of carbonyl (C=O) groups is 1. The van der Waals surface area contributed by atoms with Crippen molar-refractivity contribution in [3.05, 3.63) is 95.8 Å². The molecule has 4 rings (SSSR count). The van der Waals surface area contributed by atoms with E-state index >= 15 is 0 Å². The molecule has 0 atom stereocenters. The van der Waals surface area contributed by atoms with Crippen LogP contribution in [0, 0.1) is 6.92 Å². The van der Waals surface area contributed by atoms with Gasteiger partial charge < -0.3 is 4.98 Å². The van der Waals surface area contributed by atoms with Gasteiger partial charge in [0.05, 0.1) is 15.9 Å². The molecule has 150 valence electrons. The monoisotopic (exact) mass is 417 g/mol. The van der Waals surface area contributed by atoms with Crippen LogP contribution in [-0.2, 0) is 10.0 Å². The number of hydrogen-bond donors (Lipinski definition) is 2. The average Bonchev–Trinajstić information content (AvgIpc) is 3.16. The van der Waals surface area contributed by atoms with Crippen molar-refractivity contribution in [3.8, 4) is 0 Å². The molecule has 0 amide bonds. The fraction of sp³-hybridized carbons (Fsp3) is 0.0435. The minimum absolute atomic E-state index is 0.228. The summed E-state index contributed by atoms with van der Waals surface area (Å²) in [5.41, 5.74) is 3.28. The maximum absolute atomic E-state index is 12.7. The Morgan fingerprint density at radius 1 is 1.00 bits per heavy atom. The van der Waals surface area contributed by atoms with Crippen LogP contribution in [0.25, 0.3) is 17.1 Å². The number of benzene rings is 3. The van der Waals surface area contributed by atoms with E-state index in [1.807, 2.05) is 24.3 Å². The Bertz CT molecular complexity index is 1340. The Morgan fingerprint density at radius 2 is 1.77 bits per heavy atom. The molecule has 0 saturated heterocycles. The normalized spacial score (nSPS) is 11.8. The molecule has 6 nitrogen and oxygen atoms in total. The van der Waals surface area contributed by atoms with Gasteiger partial charge in [-0.2, -0.15) is 0 Å². The molecule has 3 aromatic carbocycles. The van der Waals surface area contributed by atoms with E-state index in [9.17, 15) is 13.2 Å². The maximum atomic E-state index is 12.7. The predicted molar refractivity (Wildman–Crippen MR) is 118 cm³/mol. The van der Waals surface area contributed by atoms with Crippen LogP contribution in [-0.4, -0.2) is 24.2 Å². The van der Waals surface area contributed by atoms with Crippen LogP contribution < -0.4 is 4.72 Å². The van der Waals surface area contributed by atoms with Crippen LogP contribution in [0.15, 0.2) is 83.8 Å². The Hall–Kier alpha value is -3.71. The Kier molecular flexibility index (Phi) is 5.20. The molecular weight excluding hydrogens is 398 g/mol. The molecule has 0 saturated carbocycles. The summed E-state index contributed by atoms with van der Waals surface area (Å²) in [4.78, 5) is 19.9. The molecule has 4 aromatic rings. The predicted octanol–water partition coefficient (Wildman–Crippen LogP) is 4.57. The van der Waals surface area contributed by atoms with Gasteiger partial charge in [-0.3, -0.25) is 9.52 Å². The SMILES string of the molecule is Cc1ccccc1S(=O)(=O)Nc1cccc(/C=C/C(=O)c2nc3ccccc3[nH]2)c1. The fourth-order valence-corrected chi connectivity index (χ4v) is 4.39. The first-order chi connectivity index (χ1) is 14.4. The van der Waals surface area contributed by atoms with Crippen LogP contribution in [0.3, 0.4) is 0 Å². The van der Waals surface area contributed by atoms with E-state index in [0.29, 0.717) is 16.8 Å². The lowest BCUT2D eigenvalue weighted by atomic mass is 10.2. The van der Waals surface area contributed by atoms with E-state index in [1.54, 1.807) is 61.5 Å². The minimum atomic E-state index is -3.71. The average molecular weight is 417 g/mol. The first-order valence-electron chi connectivity index (χ1n) is 9.28. The number of carbonyl (C=O) groups excluding carboxylic acids is 1. The molecule has 1 heterocycles. The van der Waals surface area contributed by atoms with E-state index in [-0.39, 0.29) is 16.5 Å². The van der Waals surface area contributed by atoms with E-state index in [0.717, 1.165) is 11.0 Å². The highest BCUT2D eigenvalue weighted by Crippen LogP contribution is 2.20. The number of nitrogens with zero attached hydrogens (tertiary/aromatic N) is 1. The molecule has 1 aromatic heterocycles. The third kappa shape index (κ3) is 4.16. The van der Waals surface area contributed by atoms with E-state index in [1.165, 1.54) is 6.08 Å². The van der Waals surface area contributed by atoms with Gasteiger partial charge in [-0.15, -0.1) is 0 Å². The number of imidazole rings is 1. The number of aromatic amines is 1. The molecule has 30 heavy (non-hydrogen) atoms. The number of anilines is 1. The first kappa shape index (κ1) is 19.6. The quantitative estimate of drug-likeness (QED) is 0.355. The van der Waals surface area contributed by atoms with Crippen LogP contribution in [0.5, 0.6) is 0 Å². The highest BCUT2D eigenvalue weighted by molar-refractivity contribution is 7.92. The summed E-state index contributed by atoms with van der Waals surface area (Å²) in [6.45, 7) is 1.75. The van der Waals surface area contributed by atoms with Crippen molar-refractivity contribution < 1.29 is 13.2 Å². The van der Waals surface area contributed by atoms with Gasteiger partial charge in [0.25, 0.3) is 10.0 Å². The number of hydrogen-bond acceptors (Lipinski definition) is 4. The van der Waals surface area contributed by atoms with Crippen molar-refractivity contribution in [2.45, 2.75) is 11.8 Å². The summed E-state index contributed by atoms with van der Waals surface area (Å²) < 4.78 is 27.9. The molecule has 0 spiro atoms. The zero-order chi connectivity index (χ0) is 21.1. The summed E-state index contributed by atoms with van der Waals surface area (Å²) in [5.74, 6) is -0.0130. The molecule has 2 N–H and O–H groups in total. The molecule has 0 aliphatic heterocycles. The molecule has 0 radical (unpaired) electrons. The second-order valence-corrected chi connectivity index (χ2v) is 8.45. The number of fused-ring (bicyclic) bond motifs is 1. The number of para-hydroxylation sites is 2.